The van der Waals surface area contributed by atoms with E-state index in [0.717, 1.165) is 16.6 Å². The first-order chi connectivity index (χ1) is 11.2. The van der Waals surface area contributed by atoms with Gasteiger partial charge in [-0.3, -0.25) is 5.43 Å². The molecule has 116 valence electrons. The summed E-state index contributed by atoms with van der Waals surface area (Å²) in [4.78, 5) is 8.62. The molecule has 7 heteroatoms. The molecule has 0 radical (unpaired) electrons. The van der Waals surface area contributed by atoms with Gasteiger partial charge in [-0.25, -0.2) is 9.97 Å². The van der Waals surface area contributed by atoms with Crippen molar-refractivity contribution in [2.75, 3.05) is 12.5 Å². The molecule has 0 aliphatic heterocycles. The summed E-state index contributed by atoms with van der Waals surface area (Å²) in [5.74, 6) is 0.811. The number of nitrogens with zero attached hydrogens (tertiary/aromatic N) is 3. The molecule has 0 amide bonds. The van der Waals surface area contributed by atoms with Gasteiger partial charge < -0.3 is 9.84 Å². The number of ether oxygens (including phenoxy) is 1. The minimum atomic E-state index is 0.0704. The van der Waals surface area contributed by atoms with Crippen molar-refractivity contribution in [3.05, 3.63) is 53.2 Å². The van der Waals surface area contributed by atoms with E-state index >= 15 is 0 Å². The number of nitrogens with one attached hydrogen (secondary N) is 1. The highest BCUT2D eigenvalue weighted by molar-refractivity contribution is 6.32. The molecule has 0 fully saturated rings. The molecule has 6 nitrogen and oxygen atoms in total. The summed E-state index contributed by atoms with van der Waals surface area (Å²) in [5, 5.41) is 13.9. The van der Waals surface area contributed by atoms with Gasteiger partial charge in [-0.05, 0) is 35.9 Å². The molecule has 0 aliphatic rings. The van der Waals surface area contributed by atoms with Gasteiger partial charge >= 0.3 is 0 Å². The molecule has 0 atom stereocenters. The molecule has 23 heavy (non-hydrogen) atoms. The summed E-state index contributed by atoms with van der Waals surface area (Å²) in [6, 6.07) is 12.3. The minimum Gasteiger partial charge on any atom is -0.504 e. The maximum Gasteiger partial charge on any atom is 0.185 e. The number of hydrogen-bond donors (Lipinski definition) is 2. The Morgan fingerprint density at radius 1 is 1.17 bits per heavy atom. The molecule has 1 heterocycles. The van der Waals surface area contributed by atoms with E-state index < -0.39 is 0 Å². The van der Waals surface area contributed by atoms with Crippen molar-refractivity contribution in [1.29, 1.82) is 0 Å². The van der Waals surface area contributed by atoms with Crippen molar-refractivity contribution < 1.29 is 9.84 Å². The third-order valence-corrected chi connectivity index (χ3v) is 3.38. The number of anilines is 1. The first-order valence-electron chi connectivity index (χ1n) is 6.76. The highest BCUT2D eigenvalue weighted by Gasteiger charge is 2.05. The number of benzene rings is 2. The van der Waals surface area contributed by atoms with Gasteiger partial charge in [0.1, 0.15) is 0 Å². The van der Waals surface area contributed by atoms with Gasteiger partial charge in [-0.2, -0.15) is 5.10 Å². The zero-order valence-corrected chi connectivity index (χ0v) is 12.9. The van der Waals surface area contributed by atoms with Crippen LogP contribution in [0.2, 0.25) is 5.15 Å². The highest BCUT2D eigenvalue weighted by Crippen LogP contribution is 2.25. The van der Waals surface area contributed by atoms with E-state index in [-0.39, 0.29) is 10.9 Å². The summed E-state index contributed by atoms with van der Waals surface area (Å²) in [6.45, 7) is 0. The number of phenols is 1. The van der Waals surface area contributed by atoms with Gasteiger partial charge in [0.15, 0.2) is 22.5 Å². The van der Waals surface area contributed by atoms with Crippen molar-refractivity contribution in [2.45, 2.75) is 0 Å². The van der Waals surface area contributed by atoms with Crippen LogP contribution in [0.25, 0.3) is 11.0 Å². The lowest BCUT2D eigenvalue weighted by Gasteiger charge is -2.05. The van der Waals surface area contributed by atoms with E-state index in [1.54, 1.807) is 18.3 Å². The lowest BCUT2D eigenvalue weighted by atomic mass is 10.2. The molecular weight excluding hydrogens is 316 g/mol. The number of aromatic hydroxyl groups is 1. The monoisotopic (exact) mass is 328 g/mol. The summed E-state index contributed by atoms with van der Waals surface area (Å²) in [7, 11) is 1.48. The van der Waals surface area contributed by atoms with Gasteiger partial charge in [-0.1, -0.05) is 23.7 Å². The van der Waals surface area contributed by atoms with E-state index in [1.165, 1.54) is 13.2 Å². The molecule has 3 rings (SSSR count). The number of halogens is 1. The van der Waals surface area contributed by atoms with Crippen LogP contribution in [0.5, 0.6) is 11.5 Å². The molecule has 0 saturated heterocycles. The summed E-state index contributed by atoms with van der Waals surface area (Å²) in [6.07, 6.45) is 1.56. The number of fused-ring (bicyclic) bond motifs is 1. The predicted molar refractivity (Wildman–Crippen MR) is 90.4 cm³/mol. The Hall–Kier alpha value is -2.86. The molecule has 0 aliphatic carbocycles. The van der Waals surface area contributed by atoms with Crippen LogP contribution in [0.1, 0.15) is 5.56 Å². The van der Waals surface area contributed by atoms with Crippen molar-refractivity contribution in [3.8, 4) is 11.5 Å². The molecule has 0 bridgehead atoms. The molecular formula is C16H13ClN4O2. The van der Waals surface area contributed by atoms with Crippen LogP contribution in [-0.4, -0.2) is 28.4 Å². The maximum absolute atomic E-state index is 9.55. The van der Waals surface area contributed by atoms with Gasteiger partial charge in [0, 0.05) is 0 Å². The number of rotatable bonds is 4. The second-order valence-electron chi connectivity index (χ2n) is 4.65. The number of para-hydroxylation sites is 2. The topological polar surface area (TPSA) is 79.6 Å². The predicted octanol–water partition coefficient (Wildman–Crippen LogP) is 3.44. The lowest BCUT2D eigenvalue weighted by molar-refractivity contribution is 0.373. The first kappa shape index (κ1) is 15.1. The van der Waals surface area contributed by atoms with Crippen LogP contribution < -0.4 is 10.2 Å². The average molecular weight is 329 g/mol. The fourth-order valence-corrected chi connectivity index (χ4v) is 2.17. The van der Waals surface area contributed by atoms with E-state index in [2.05, 4.69) is 20.5 Å². The SMILES string of the molecule is COc1cc(/C=N/Nc2nc3ccccc3nc2Cl)ccc1O. The standard InChI is InChI=1S/C16H13ClN4O2/c1-23-14-8-10(6-7-13(14)22)9-18-21-16-15(17)19-11-4-2-3-5-12(11)20-16/h2-9,22H,1H3,(H,20,21)/b18-9+. The fourth-order valence-electron chi connectivity index (χ4n) is 1.99. The van der Waals surface area contributed by atoms with Gasteiger partial charge in [0.2, 0.25) is 0 Å². The average Bonchev–Trinajstić information content (AvgIpc) is 2.56. The van der Waals surface area contributed by atoms with E-state index in [1.807, 2.05) is 24.3 Å². The smallest absolute Gasteiger partial charge is 0.185 e. The molecule has 0 saturated carbocycles. The highest BCUT2D eigenvalue weighted by atomic mass is 35.5. The number of hydrazone groups is 1. The third kappa shape index (κ3) is 3.32. The molecule has 1 aromatic heterocycles. The second kappa shape index (κ2) is 6.50. The van der Waals surface area contributed by atoms with Crippen LogP contribution in [0.3, 0.4) is 0 Å². The Morgan fingerprint density at radius 3 is 2.65 bits per heavy atom. The lowest BCUT2D eigenvalue weighted by Crippen LogP contribution is -1.97. The van der Waals surface area contributed by atoms with E-state index in [0.29, 0.717) is 11.6 Å². The molecule has 3 aromatic rings. The summed E-state index contributed by atoms with van der Waals surface area (Å²) in [5.41, 5.74) is 4.95. The first-order valence-corrected chi connectivity index (χ1v) is 7.13. The number of aromatic nitrogens is 2. The number of methoxy groups -OCH3 is 1. The van der Waals surface area contributed by atoms with Gasteiger partial charge in [0.05, 0.1) is 24.4 Å². The van der Waals surface area contributed by atoms with Crippen molar-refractivity contribution in [3.63, 3.8) is 0 Å². The molecule has 0 unspecified atom stereocenters. The van der Waals surface area contributed by atoms with Gasteiger partial charge in [-0.15, -0.1) is 0 Å². The minimum absolute atomic E-state index is 0.0704. The quantitative estimate of drug-likeness (QED) is 0.566. The van der Waals surface area contributed by atoms with Gasteiger partial charge in [0.25, 0.3) is 0 Å². The molecule has 2 aromatic carbocycles. The molecule has 0 spiro atoms. The van der Waals surface area contributed by atoms with Crippen LogP contribution in [0.4, 0.5) is 5.82 Å². The van der Waals surface area contributed by atoms with Crippen molar-refractivity contribution in [2.24, 2.45) is 5.10 Å². The fraction of sp³-hybridized carbons (Fsp3) is 0.0625. The zero-order chi connectivity index (χ0) is 16.2. The van der Waals surface area contributed by atoms with E-state index in [9.17, 15) is 5.11 Å². The zero-order valence-electron chi connectivity index (χ0n) is 12.2. The van der Waals surface area contributed by atoms with Crippen LogP contribution in [0.15, 0.2) is 47.6 Å². The second-order valence-corrected chi connectivity index (χ2v) is 5.01. The van der Waals surface area contributed by atoms with Crippen LogP contribution in [0, 0.1) is 0 Å². The third-order valence-electron chi connectivity index (χ3n) is 3.12. The largest absolute Gasteiger partial charge is 0.504 e. The van der Waals surface area contributed by atoms with E-state index in [4.69, 9.17) is 16.3 Å². The van der Waals surface area contributed by atoms with Crippen LogP contribution in [-0.2, 0) is 0 Å². The van der Waals surface area contributed by atoms with Crippen molar-refractivity contribution in [1.82, 2.24) is 9.97 Å². The Labute approximate surface area is 137 Å². The molecule has 2 N–H and O–H groups in total. The van der Waals surface area contributed by atoms with Crippen molar-refractivity contribution >= 4 is 34.7 Å². The normalized spacial score (nSPS) is 11.0. The Kier molecular flexibility index (Phi) is 4.25. The number of phenolic OH excluding ortho intramolecular Hbond substituents is 1. The number of hydrogen-bond acceptors (Lipinski definition) is 6. The Balaban J connectivity index is 1.81. The Bertz CT molecular complexity index is 883. The Morgan fingerprint density at radius 2 is 1.91 bits per heavy atom. The van der Waals surface area contributed by atoms with Crippen LogP contribution >= 0.6 is 11.6 Å². The maximum atomic E-state index is 9.55. The summed E-state index contributed by atoms with van der Waals surface area (Å²) >= 11 is 6.09. The summed E-state index contributed by atoms with van der Waals surface area (Å²) < 4.78 is 5.04.